The van der Waals surface area contributed by atoms with E-state index >= 15 is 0 Å². The van der Waals surface area contributed by atoms with E-state index in [1.807, 2.05) is 55.5 Å². The van der Waals surface area contributed by atoms with Crippen molar-refractivity contribution in [1.29, 1.82) is 0 Å². The van der Waals surface area contributed by atoms with Gasteiger partial charge in [-0.25, -0.2) is 4.98 Å². The van der Waals surface area contributed by atoms with E-state index in [4.69, 9.17) is 14.2 Å². The third-order valence-electron chi connectivity index (χ3n) is 4.03. The van der Waals surface area contributed by atoms with Crippen molar-refractivity contribution in [3.8, 4) is 28.5 Å². The molecule has 2 aromatic carbocycles. The number of thiazole rings is 1. The summed E-state index contributed by atoms with van der Waals surface area (Å²) < 4.78 is 16.3. The Bertz CT molecular complexity index is 956. The zero-order valence-corrected chi connectivity index (χ0v) is 15.5. The van der Waals surface area contributed by atoms with Crippen molar-refractivity contribution in [1.82, 2.24) is 4.98 Å². The van der Waals surface area contributed by atoms with Gasteiger partial charge in [0.1, 0.15) is 5.75 Å². The van der Waals surface area contributed by atoms with Gasteiger partial charge in [-0.15, -0.1) is 11.3 Å². The van der Waals surface area contributed by atoms with Crippen LogP contribution in [0.2, 0.25) is 0 Å². The number of benzene rings is 2. The molecule has 4 rings (SSSR count). The van der Waals surface area contributed by atoms with Crippen molar-refractivity contribution in [2.45, 2.75) is 13.3 Å². The van der Waals surface area contributed by atoms with Gasteiger partial charge in [-0.3, -0.25) is 4.79 Å². The normalized spacial score (nSPS) is 12.0. The predicted molar refractivity (Wildman–Crippen MR) is 104 cm³/mol. The highest BCUT2D eigenvalue weighted by atomic mass is 32.1. The second-order valence-electron chi connectivity index (χ2n) is 5.95. The molecule has 0 atom stereocenters. The Labute approximate surface area is 160 Å². The first-order valence-electron chi connectivity index (χ1n) is 8.54. The lowest BCUT2D eigenvalue weighted by Gasteiger charge is -2.05. The van der Waals surface area contributed by atoms with Gasteiger partial charge in [0.25, 0.3) is 0 Å². The van der Waals surface area contributed by atoms with Crippen LogP contribution in [0.15, 0.2) is 48.5 Å². The van der Waals surface area contributed by atoms with Gasteiger partial charge < -0.3 is 19.5 Å². The first kappa shape index (κ1) is 17.4. The zero-order chi connectivity index (χ0) is 18.6. The molecule has 0 saturated heterocycles. The number of hydrogen-bond acceptors (Lipinski definition) is 6. The van der Waals surface area contributed by atoms with Gasteiger partial charge in [0.15, 0.2) is 16.6 Å². The summed E-state index contributed by atoms with van der Waals surface area (Å²) >= 11 is 1.44. The van der Waals surface area contributed by atoms with E-state index in [9.17, 15) is 4.79 Å². The van der Waals surface area contributed by atoms with Crippen molar-refractivity contribution < 1.29 is 19.0 Å². The second kappa shape index (κ2) is 7.67. The van der Waals surface area contributed by atoms with Gasteiger partial charge in [-0.2, -0.15) is 0 Å². The predicted octanol–water partition coefficient (Wildman–Crippen LogP) is 4.25. The Morgan fingerprint density at radius 1 is 1.19 bits per heavy atom. The number of nitrogens with zero attached hydrogens (tertiary/aromatic N) is 1. The molecule has 0 spiro atoms. The molecule has 7 heteroatoms. The number of hydrogen-bond donors (Lipinski definition) is 1. The Morgan fingerprint density at radius 2 is 2.00 bits per heavy atom. The minimum Gasteiger partial charge on any atom is -0.493 e. The van der Waals surface area contributed by atoms with Crippen LogP contribution in [0, 0.1) is 6.92 Å². The van der Waals surface area contributed by atoms with Gasteiger partial charge in [0.2, 0.25) is 12.7 Å². The highest BCUT2D eigenvalue weighted by Gasteiger charge is 2.17. The summed E-state index contributed by atoms with van der Waals surface area (Å²) in [7, 11) is 0. The molecule has 138 valence electrons. The van der Waals surface area contributed by atoms with E-state index < -0.39 is 0 Å². The van der Waals surface area contributed by atoms with Crippen LogP contribution in [0.25, 0.3) is 11.3 Å². The molecule has 1 aromatic heterocycles. The Hall–Kier alpha value is -3.06. The first-order chi connectivity index (χ1) is 13.2. The molecule has 1 N–H and O–H groups in total. The molecule has 1 aliphatic rings. The number of anilines is 1. The van der Waals surface area contributed by atoms with Gasteiger partial charge in [0.05, 0.1) is 18.7 Å². The summed E-state index contributed by atoms with van der Waals surface area (Å²) in [5, 5.41) is 3.42. The van der Waals surface area contributed by atoms with Crippen molar-refractivity contribution in [2.75, 3.05) is 18.7 Å². The highest BCUT2D eigenvalue weighted by Crippen LogP contribution is 2.38. The molecule has 0 unspecified atom stereocenters. The summed E-state index contributed by atoms with van der Waals surface area (Å²) in [5.74, 6) is 2.07. The number of aromatic nitrogens is 1. The molecule has 0 saturated carbocycles. The topological polar surface area (TPSA) is 69.7 Å². The fourth-order valence-electron chi connectivity index (χ4n) is 2.72. The van der Waals surface area contributed by atoms with Crippen LogP contribution in [-0.4, -0.2) is 24.3 Å². The largest absolute Gasteiger partial charge is 0.493 e. The van der Waals surface area contributed by atoms with Crippen LogP contribution in [-0.2, 0) is 4.79 Å². The standard InChI is InChI=1S/C20H18N2O4S/c1-13-19(14-7-8-16-17(11-14)26-12-25-16)22-20(27-13)21-18(23)9-10-24-15-5-3-2-4-6-15/h2-8,11H,9-10,12H2,1H3,(H,21,22,23). The van der Waals surface area contributed by atoms with Crippen LogP contribution in [0.5, 0.6) is 17.2 Å². The maximum atomic E-state index is 12.2. The minimum atomic E-state index is -0.128. The molecule has 2 heterocycles. The molecule has 27 heavy (non-hydrogen) atoms. The number of fused-ring (bicyclic) bond motifs is 1. The van der Waals surface area contributed by atoms with Crippen LogP contribution in [0.3, 0.4) is 0 Å². The molecule has 0 radical (unpaired) electrons. The Balaban J connectivity index is 1.37. The number of ether oxygens (including phenoxy) is 3. The van der Waals surface area contributed by atoms with Gasteiger partial charge in [-0.1, -0.05) is 18.2 Å². The van der Waals surface area contributed by atoms with Gasteiger partial charge >= 0.3 is 0 Å². The SMILES string of the molecule is Cc1sc(NC(=O)CCOc2ccccc2)nc1-c1ccc2c(c1)OCO2. The maximum absolute atomic E-state index is 12.2. The smallest absolute Gasteiger partial charge is 0.231 e. The number of para-hydroxylation sites is 1. The fraction of sp³-hybridized carbons (Fsp3) is 0.200. The summed E-state index contributed by atoms with van der Waals surface area (Å²) in [5.41, 5.74) is 1.76. The first-order valence-corrected chi connectivity index (χ1v) is 9.36. The lowest BCUT2D eigenvalue weighted by Crippen LogP contribution is -2.15. The molecule has 0 aliphatic carbocycles. The van der Waals surface area contributed by atoms with E-state index in [1.165, 1.54) is 11.3 Å². The van der Waals surface area contributed by atoms with Crippen LogP contribution in [0.1, 0.15) is 11.3 Å². The van der Waals surface area contributed by atoms with Crippen molar-refractivity contribution >= 4 is 22.4 Å². The third-order valence-corrected chi connectivity index (χ3v) is 4.92. The molecule has 1 amide bonds. The number of amides is 1. The average molecular weight is 382 g/mol. The van der Waals surface area contributed by atoms with Crippen molar-refractivity contribution in [3.05, 3.63) is 53.4 Å². The molecule has 6 nitrogen and oxygen atoms in total. The minimum absolute atomic E-state index is 0.128. The molecule has 0 bridgehead atoms. The van der Waals surface area contributed by atoms with Gasteiger partial charge in [-0.05, 0) is 37.3 Å². The van der Waals surface area contributed by atoms with E-state index in [1.54, 1.807) is 0 Å². The summed E-state index contributed by atoms with van der Waals surface area (Å²) in [6, 6.07) is 15.1. The number of rotatable bonds is 6. The lowest BCUT2D eigenvalue weighted by molar-refractivity contribution is -0.116. The monoisotopic (exact) mass is 382 g/mol. The molecule has 1 aliphatic heterocycles. The van der Waals surface area contributed by atoms with Crippen molar-refractivity contribution in [2.24, 2.45) is 0 Å². The second-order valence-corrected chi connectivity index (χ2v) is 7.15. The van der Waals surface area contributed by atoms with Gasteiger partial charge in [0, 0.05) is 10.4 Å². The quantitative estimate of drug-likeness (QED) is 0.690. The maximum Gasteiger partial charge on any atom is 0.231 e. The molecule has 0 fully saturated rings. The zero-order valence-electron chi connectivity index (χ0n) is 14.7. The summed E-state index contributed by atoms with van der Waals surface area (Å²) in [6.07, 6.45) is 0.257. The van der Waals surface area contributed by atoms with E-state index in [2.05, 4.69) is 10.3 Å². The number of carbonyl (C=O) groups excluding carboxylic acids is 1. The highest BCUT2D eigenvalue weighted by molar-refractivity contribution is 7.16. The molecule has 3 aromatic rings. The van der Waals surface area contributed by atoms with Crippen LogP contribution >= 0.6 is 11.3 Å². The summed E-state index contributed by atoms with van der Waals surface area (Å²) in [6.45, 7) is 2.53. The molecular weight excluding hydrogens is 364 g/mol. The Kier molecular flexibility index (Phi) is 4.93. The van der Waals surface area contributed by atoms with Crippen LogP contribution in [0.4, 0.5) is 5.13 Å². The van der Waals surface area contributed by atoms with E-state index in [0.29, 0.717) is 17.5 Å². The fourth-order valence-corrected chi connectivity index (χ4v) is 3.57. The summed E-state index contributed by atoms with van der Waals surface area (Å²) in [4.78, 5) is 17.7. The number of aryl methyl sites for hydroxylation is 1. The number of carbonyl (C=O) groups is 1. The average Bonchev–Trinajstić information content (AvgIpc) is 3.28. The third kappa shape index (κ3) is 4.03. The van der Waals surface area contributed by atoms with Crippen molar-refractivity contribution in [3.63, 3.8) is 0 Å². The number of nitrogens with one attached hydrogen (secondary N) is 1. The lowest BCUT2D eigenvalue weighted by atomic mass is 10.1. The molecular formula is C20H18N2O4S. The van der Waals surface area contributed by atoms with E-state index in [-0.39, 0.29) is 19.1 Å². The van der Waals surface area contributed by atoms with E-state index in [0.717, 1.165) is 27.6 Å². The Morgan fingerprint density at radius 3 is 2.85 bits per heavy atom. The van der Waals surface area contributed by atoms with Crippen LogP contribution < -0.4 is 19.5 Å².